The van der Waals surface area contributed by atoms with E-state index in [0.717, 1.165) is 23.3 Å². The van der Waals surface area contributed by atoms with E-state index in [2.05, 4.69) is 24.0 Å². The lowest BCUT2D eigenvalue weighted by Gasteiger charge is -2.15. The quantitative estimate of drug-likeness (QED) is 0.702. The van der Waals surface area contributed by atoms with E-state index in [9.17, 15) is 4.79 Å². The third kappa shape index (κ3) is 5.02. The van der Waals surface area contributed by atoms with Gasteiger partial charge in [-0.15, -0.1) is 10.2 Å². The molecule has 0 aliphatic rings. The fourth-order valence-electron chi connectivity index (χ4n) is 2.56. The van der Waals surface area contributed by atoms with Crippen LogP contribution in [0.2, 0.25) is 0 Å². The highest BCUT2D eigenvalue weighted by molar-refractivity contribution is 5.89. The number of benzene rings is 1. The number of hydrogen-bond donors (Lipinski definition) is 0. The Hall–Kier alpha value is -2.43. The van der Waals surface area contributed by atoms with E-state index in [-0.39, 0.29) is 6.10 Å². The molecule has 0 N–H and O–H groups in total. The largest absolute Gasteiger partial charge is 0.490 e. The number of para-hydroxylation sites is 1. The molecule has 0 saturated heterocycles. The number of carbonyl (C=O) groups is 1. The van der Waals surface area contributed by atoms with Crippen molar-refractivity contribution in [2.75, 3.05) is 6.61 Å². The van der Waals surface area contributed by atoms with Gasteiger partial charge in [0.05, 0.1) is 18.4 Å². The first-order chi connectivity index (χ1) is 11.9. The SMILES string of the molecule is CCOC(=O)c1nnc(-c2ccccc2OC(C)C)cc1CC(C)C. The van der Waals surface area contributed by atoms with E-state index in [4.69, 9.17) is 9.47 Å². The lowest BCUT2D eigenvalue weighted by Crippen LogP contribution is -2.14. The van der Waals surface area contributed by atoms with Gasteiger partial charge in [0.15, 0.2) is 5.69 Å². The highest BCUT2D eigenvalue weighted by atomic mass is 16.5. The Balaban J connectivity index is 2.48. The first kappa shape index (κ1) is 18.9. The van der Waals surface area contributed by atoms with Gasteiger partial charge in [-0.05, 0) is 56.9 Å². The van der Waals surface area contributed by atoms with Crippen molar-refractivity contribution in [2.45, 2.75) is 47.1 Å². The number of rotatable bonds is 7. The van der Waals surface area contributed by atoms with Crippen molar-refractivity contribution in [3.8, 4) is 17.0 Å². The molecule has 1 heterocycles. The zero-order valence-electron chi connectivity index (χ0n) is 15.6. The molecule has 1 aromatic carbocycles. The predicted molar refractivity (Wildman–Crippen MR) is 97.7 cm³/mol. The van der Waals surface area contributed by atoms with Crippen molar-refractivity contribution in [2.24, 2.45) is 5.92 Å². The van der Waals surface area contributed by atoms with E-state index >= 15 is 0 Å². The van der Waals surface area contributed by atoms with E-state index < -0.39 is 5.97 Å². The van der Waals surface area contributed by atoms with Crippen LogP contribution in [0.1, 0.15) is 50.7 Å². The van der Waals surface area contributed by atoms with Gasteiger partial charge in [-0.1, -0.05) is 26.0 Å². The van der Waals surface area contributed by atoms with Crippen LogP contribution in [0.3, 0.4) is 0 Å². The Labute approximate surface area is 149 Å². The van der Waals surface area contributed by atoms with Gasteiger partial charge in [0.25, 0.3) is 0 Å². The number of hydrogen-bond acceptors (Lipinski definition) is 5. The van der Waals surface area contributed by atoms with Crippen LogP contribution in [0.15, 0.2) is 30.3 Å². The molecule has 0 fully saturated rings. The highest BCUT2D eigenvalue weighted by Crippen LogP contribution is 2.30. The van der Waals surface area contributed by atoms with Gasteiger partial charge in [-0.2, -0.15) is 0 Å². The summed E-state index contributed by atoms with van der Waals surface area (Å²) in [6, 6.07) is 9.65. The maximum absolute atomic E-state index is 12.2. The van der Waals surface area contributed by atoms with Gasteiger partial charge in [0.1, 0.15) is 5.75 Å². The van der Waals surface area contributed by atoms with Crippen LogP contribution in [0, 0.1) is 5.92 Å². The second-order valence-corrected chi connectivity index (χ2v) is 6.58. The van der Waals surface area contributed by atoms with Crippen molar-refractivity contribution in [1.82, 2.24) is 10.2 Å². The molecule has 134 valence electrons. The monoisotopic (exact) mass is 342 g/mol. The van der Waals surface area contributed by atoms with Gasteiger partial charge < -0.3 is 9.47 Å². The van der Waals surface area contributed by atoms with Gasteiger partial charge in [-0.25, -0.2) is 4.79 Å². The van der Waals surface area contributed by atoms with Gasteiger partial charge in [0, 0.05) is 5.56 Å². The number of carbonyl (C=O) groups excluding carboxylic acids is 1. The molecule has 25 heavy (non-hydrogen) atoms. The maximum Gasteiger partial charge on any atom is 0.359 e. The van der Waals surface area contributed by atoms with Crippen molar-refractivity contribution < 1.29 is 14.3 Å². The third-order valence-corrected chi connectivity index (χ3v) is 3.50. The number of aromatic nitrogens is 2. The molecule has 0 aliphatic heterocycles. The maximum atomic E-state index is 12.2. The summed E-state index contributed by atoms with van der Waals surface area (Å²) >= 11 is 0. The minimum atomic E-state index is -0.427. The molecule has 0 bridgehead atoms. The zero-order chi connectivity index (χ0) is 18.4. The Bertz CT molecular complexity index is 727. The first-order valence-electron chi connectivity index (χ1n) is 8.72. The molecule has 5 heteroatoms. The molecule has 2 rings (SSSR count). The Morgan fingerprint density at radius 1 is 1.12 bits per heavy atom. The molecule has 0 saturated carbocycles. The molecule has 0 aliphatic carbocycles. The summed E-state index contributed by atoms with van der Waals surface area (Å²) in [6.07, 6.45) is 0.784. The number of esters is 1. The summed E-state index contributed by atoms with van der Waals surface area (Å²) in [5.41, 5.74) is 2.70. The lowest BCUT2D eigenvalue weighted by atomic mass is 9.99. The average Bonchev–Trinajstić information content (AvgIpc) is 2.54. The second kappa shape index (κ2) is 8.60. The van der Waals surface area contributed by atoms with Crippen molar-refractivity contribution in [3.63, 3.8) is 0 Å². The zero-order valence-corrected chi connectivity index (χ0v) is 15.6. The summed E-state index contributed by atoms with van der Waals surface area (Å²) in [6.45, 7) is 10.3. The van der Waals surface area contributed by atoms with Crippen LogP contribution in [-0.4, -0.2) is 28.9 Å². The average molecular weight is 342 g/mol. The van der Waals surface area contributed by atoms with E-state index in [1.165, 1.54) is 0 Å². The molecule has 1 aromatic heterocycles. The standard InChI is InChI=1S/C20H26N2O3/c1-6-24-20(23)19-15(11-13(2)3)12-17(21-22-19)16-9-7-8-10-18(16)25-14(4)5/h7-10,12-14H,6,11H2,1-5H3. The molecular weight excluding hydrogens is 316 g/mol. The summed E-state index contributed by atoms with van der Waals surface area (Å²) in [5.74, 6) is 0.711. The van der Waals surface area contributed by atoms with Gasteiger partial charge in [-0.3, -0.25) is 0 Å². The summed E-state index contributed by atoms with van der Waals surface area (Å²) in [5, 5.41) is 8.42. The van der Waals surface area contributed by atoms with Crippen LogP contribution < -0.4 is 4.74 Å². The molecule has 0 amide bonds. The Morgan fingerprint density at radius 2 is 1.84 bits per heavy atom. The Kier molecular flexibility index (Phi) is 6.51. The molecule has 0 unspecified atom stereocenters. The summed E-state index contributed by atoms with van der Waals surface area (Å²) < 4.78 is 11.0. The van der Waals surface area contributed by atoms with Crippen molar-refractivity contribution >= 4 is 5.97 Å². The fourth-order valence-corrected chi connectivity index (χ4v) is 2.56. The predicted octanol–water partition coefficient (Wildman–Crippen LogP) is 4.31. The van der Waals surface area contributed by atoms with E-state index in [0.29, 0.717) is 23.9 Å². The fraction of sp³-hybridized carbons (Fsp3) is 0.450. The number of nitrogens with zero attached hydrogens (tertiary/aromatic N) is 2. The second-order valence-electron chi connectivity index (χ2n) is 6.58. The third-order valence-electron chi connectivity index (χ3n) is 3.50. The molecule has 0 atom stereocenters. The minimum Gasteiger partial charge on any atom is -0.490 e. The smallest absolute Gasteiger partial charge is 0.359 e. The highest BCUT2D eigenvalue weighted by Gasteiger charge is 2.19. The Morgan fingerprint density at radius 3 is 2.48 bits per heavy atom. The van der Waals surface area contributed by atoms with Crippen LogP contribution in [0.5, 0.6) is 5.75 Å². The topological polar surface area (TPSA) is 61.3 Å². The van der Waals surface area contributed by atoms with Crippen LogP contribution >= 0.6 is 0 Å². The van der Waals surface area contributed by atoms with Gasteiger partial charge >= 0.3 is 5.97 Å². The van der Waals surface area contributed by atoms with Crippen molar-refractivity contribution in [1.29, 1.82) is 0 Å². The number of ether oxygens (including phenoxy) is 2. The molecule has 0 radical (unpaired) electrons. The molecule has 5 nitrogen and oxygen atoms in total. The normalized spacial score (nSPS) is 11.0. The van der Waals surface area contributed by atoms with Gasteiger partial charge in [0.2, 0.25) is 0 Å². The van der Waals surface area contributed by atoms with E-state index in [1.54, 1.807) is 6.92 Å². The summed E-state index contributed by atoms with van der Waals surface area (Å²) in [4.78, 5) is 12.2. The molecule has 2 aromatic rings. The van der Waals surface area contributed by atoms with Crippen LogP contribution in [0.4, 0.5) is 0 Å². The lowest BCUT2D eigenvalue weighted by molar-refractivity contribution is 0.0516. The molecule has 0 spiro atoms. The minimum absolute atomic E-state index is 0.0584. The first-order valence-corrected chi connectivity index (χ1v) is 8.72. The van der Waals surface area contributed by atoms with Crippen molar-refractivity contribution in [3.05, 3.63) is 41.6 Å². The molecular formula is C20H26N2O3. The van der Waals surface area contributed by atoms with Crippen LogP contribution in [-0.2, 0) is 11.2 Å². The van der Waals surface area contributed by atoms with Crippen LogP contribution in [0.25, 0.3) is 11.3 Å². The van der Waals surface area contributed by atoms with E-state index in [1.807, 2.05) is 44.2 Å². The summed E-state index contributed by atoms with van der Waals surface area (Å²) in [7, 11) is 0.